The van der Waals surface area contributed by atoms with Crippen molar-refractivity contribution >= 4 is 33.3 Å². The lowest BCUT2D eigenvalue weighted by Crippen LogP contribution is -2.40. The first-order valence-electron chi connectivity index (χ1n) is 7.35. The highest BCUT2D eigenvalue weighted by atomic mass is 32.1. The van der Waals surface area contributed by atoms with Gasteiger partial charge in [0.1, 0.15) is 12.4 Å². The van der Waals surface area contributed by atoms with Crippen molar-refractivity contribution in [2.24, 2.45) is 11.8 Å². The Labute approximate surface area is 126 Å². The second-order valence-electron chi connectivity index (χ2n) is 6.08. The van der Waals surface area contributed by atoms with E-state index in [1.807, 2.05) is 11.8 Å². The molecular weight excluding hydrogens is 286 g/mol. The zero-order valence-electron chi connectivity index (χ0n) is 11.8. The molecule has 0 radical (unpaired) electrons. The summed E-state index contributed by atoms with van der Waals surface area (Å²) in [4.78, 5) is 22.6. The molecular formula is C15H17N3O2S. The number of hydrogen-bond acceptors (Lipinski definition) is 5. The maximum Gasteiger partial charge on any atom is 0.326 e. The van der Waals surface area contributed by atoms with Gasteiger partial charge in [0, 0.05) is 6.54 Å². The topological polar surface area (TPSA) is 66.3 Å². The SMILES string of the molecule is Cc1csc2c(N3CC4CCCC4C3C(=O)O)ncnc12. The van der Waals surface area contributed by atoms with Gasteiger partial charge in [0.25, 0.3) is 0 Å². The number of aromatic nitrogens is 2. The van der Waals surface area contributed by atoms with Crippen molar-refractivity contribution in [1.82, 2.24) is 9.97 Å². The lowest BCUT2D eigenvalue weighted by molar-refractivity contribution is -0.139. The van der Waals surface area contributed by atoms with Gasteiger partial charge in [-0.25, -0.2) is 14.8 Å². The van der Waals surface area contributed by atoms with Gasteiger partial charge in [-0.3, -0.25) is 0 Å². The largest absolute Gasteiger partial charge is 0.480 e. The van der Waals surface area contributed by atoms with E-state index in [1.165, 1.54) is 0 Å². The third kappa shape index (κ3) is 1.85. The average Bonchev–Trinajstić information content (AvgIpc) is 3.12. The maximum absolute atomic E-state index is 11.8. The van der Waals surface area contributed by atoms with Crippen LogP contribution < -0.4 is 4.90 Å². The molecule has 1 aliphatic heterocycles. The van der Waals surface area contributed by atoms with Gasteiger partial charge >= 0.3 is 5.97 Å². The zero-order valence-corrected chi connectivity index (χ0v) is 12.6. The van der Waals surface area contributed by atoms with Crippen LogP contribution in [0.2, 0.25) is 0 Å². The molecule has 5 nitrogen and oxygen atoms in total. The van der Waals surface area contributed by atoms with E-state index < -0.39 is 12.0 Å². The Hall–Kier alpha value is -1.69. The monoisotopic (exact) mass is 303 g/mol. The summed E-state index contributed by atoms with van der Waals surface area (Å²) >= 11 is 1.61. The molecule has 1 saturated carbocycles. The fourth-order valence-electron chi connectivity index (χ4n) is 4.00. The van der Waals surface area contributed by atoms with Gasteiger partial charge in [-0.15, -0.1) is 11.3 Å². The lowest BCUT2D eigenvalue weighted by Gasteiger charge is -2.25. The van der Waals surface area contributed by atoms with Crippen molar-refractivity contribution in [3.63, 3.8) is 0 Å². The molecule has 2 aromatic rings. The lowest BCUT2D eigenvalue weighted by atomic mass is 9.94. The molecule has 1 saturated heterocycles. The maximum atomic E-state index is 11.8. The number of carbonyl (C=O) groups is 1. The summed E-state index contributed by atoms with van der Waals surface area (Å²) in [6.07, 6.45) is 4.88. The molecule has 110 valence electrons. The number of fused-ring (bicyclic) bond motifs is 2. The van der Waals surface area contributed by atoms with Crippen LogP contribution in [0.5, 0.6) is 0 Å². The van der Waals surface area contributed by atoms with Crippen LogP contribution in [0, 0.1) is 18.8 Å². The zero-order chi connectivity index (χ0) is 14.6. The van der Waals surface area contributed by atoms with E-state index in [2.05, 4.69) is 15.3 Å². The first kappa shape index (κ1) is 13.0. The normalized spacial score (nSPS) is 28.2. The van der Waals surface area contributed by atoms with Gasteiger partial charge in [-0.2, -0.15) is 0 Å². The number of hydrogen-bond donors (Lipinski definition) is 1. The Bertz CT molecular complexity index is 714. The smallest absolute Gasteiger partial charge is 0.326 e. The molecule has 2 aromatic heterocycles. The number of aliphatic carboxylic acids is 1. The molecule has 4 rings (SSSR count). The molecule has 3 heterocycles. The van der Waals surface area contributed by atoms with E-state index in [1.54, 1.807) is 17.7 Å². The molecule has 2 aliphatic rings. The Balaban J connectivity index is 1.82. The standard InChI is InChI=1S/C15H17N3O2S/c1-8-6-21-13-11(8)16-7-17-14(13)18-5-9-3-2-4-10(9)12(18)15(19)20/h6-7,9-10,12H,2-5H2,1H3,(H,19,20). The number of aryl methyl sites for hydroxylation is 1. The number of thiophene rings is 1. The first-order valence-corrected chi connectivity index (χ1v) is 8.23. The second kappa shape index (κ2) is 4.66. The fourth-order valence-corrected chi connectivity index (χ4v) is 5.01. The Morgan fingerprint density at radius 3 is 3.10 bits per heavy atom. The summed E-state index contributed by atoms with van der Waals surface area (Å²) in [7, 11) is 0. The van der Waals surface area contributed by atoms with E-state index in [0.29, 0.717) is 5.92 Å². The van der Waals surface area contributed by atoms with E-state index in [9.17, 15) is 9.90 Å². The van der Waals surface area contributed by atoms with Crippen LogP contribution >= 0.6 is 11.3 Å². The molecule has 0 spiro atoms. The van der Waals surface area contributed by atoms with Crippen LogP contribution in [0.25, 0.3) is 10.2 Å². The highest BCUT2D eigenvalue weighted by Crippen LogP contribution is 2.45. The molecule has 3 unspecified atom stereocenters. The Morgan fingerprint density at radius 1 is 1.43 bits per heavy atom. The molecule has 2 fully saturated rings. The van der Waals surface area contributed by atoms with E-state index >= 15 is 0 Å². The first-order chi connectivity index (χ1) is 10.2. The van der Waals surface area contributed by atoms with Crippen molar-refractivity contribution in [3.8, 4) is 0 Å². The van der Waals surface area contributed by atoms with Gasteiger partial charge in [-0.1, -0.05) is 6.42 Å². The van der Waals surface area contributed by atoms with E-state index in [0.717, 1.165) is 47.4 Å². The second-order valence-corrected chi connectivity index (χ2v) is 6.96. The summed E-state index contributed by atoms with van der Waals surface area (Å²) in [5, 5.41) is 11.8. The van der Waals surface area contributed by atoms with E-state index in [4.69, 9.17) is 0 Å². The third-order valence-electron chi connectivity index (χ3n) is 4.93. The molecule has 0 aromatic carbocycles. The van der Waals surface area contributed by atoms with Crippen molar-refractivity contribution in [3.05, 3.63) is 17.3 Å². The van der Waals surface area contributed by atoms with Crippen molar-refractivity contribution in [1.29, 1.82) is 0 Å². The third-order valence-corrected chi connectivity index (χ3v) is 6.01. The Morgan fingerprint density at radius 2 is 2.29 bits per heavy atom. The molecule has 3 atom stereocenters. The molecule has 1 N–H and O–H groups in total. The predicted molar refractivity (Wildman–Crippen MR) is 81.8 cm³/mol. The molecule has 0 amide bonds. The number of nitrogens with zero attached hydrogens (tertiary/aromatic N) is 3. The number of carboxylic acid groups (broad SMARTS) is 1. The van der Waals surface area contributed by atoms with Crippen LogP contribution in [0.4, 0.5) is 5.82 Å². The molecule has 6 heteroatoms. The summed E-state index contributed by atoms with van der Waals surface area (Å²) in [6, 6.07) is -0.432. The fraction of sp³-hybridized carbons (Fsp3) is 0.533. The number of carboxylic acids is 1. The highest BCUT2D eigenvalue weighted by molar-refractivity contribution is 7.18. The quantitative estimate of drug-likeness (QED) is 0.924. The minimum Gasteiger partial charge on any atom is -0.480 e. The number of anilines is 1. The van der Waals surface area contributed by atoms with Gasteiger partial charge in [-0.05, 0) is 42.5 Å². The van der Waals surface area contributed by atoms with Crippen LogP contribution in [0.1, 0.15) is 24.8 Å². The minimum atomic E-state index is -0.718. The van der Waals surface area contributed by atoms with Crippen molar-refractivity contribution in [2.75, 3.05) is 11.4 Å². The van der Waals surface area contributed by atoms with Crippen molar-refractivity contribution < 1.29 is 9.90 Å². The van der Waals surface area contributed by atoms with Crippen LogP contribution in [-0.2, 0) is 4.79 Å². The predicted octanol–water partition coefficient (Wildman–Crippen LogP) is 2.69. The Kier molecular flexibility index (Phi) is 2.89. The summed E-state index contributed by atoms with van der Waals surface area (Å²) in [5.41, 5.74) is 2.08. The molecule has 0 bridgehead atoms. The van der Waals surface area contributed by atoms with Gasteiger partial charge in [0.05, 0.1) is 10.2 Å². The number of rotatable bonds is 2. The van der Waals surface area contributed by atoms with Crippen LogP contribution in [0.3, 0.4) is 0 Å². The summed E-state index contributed by atoms with van der Waals surface area (Å²) < 4.78 is 1.02. The average molecular weight is 303 g/mol. The molecule has 21 heavy (non-hydrogen) atoms. The van der Waals surface area contributed by atoms with Gasteiger partial charge < -0.3 is 10.0 Å². The van der Waals surface area contributed by atoms with Crippen LogP contribution in [0.15, 0.2) is 11.7 Å². The van der Waals surface area contributed by atoms with Gasteiger partial charge in [0.15, 0.2) is 5.82 Å². The van der Waals surface area contributed by atoms with Crippen molar-refractivity contribution in [2.45, 2.75) is 32.2 Å². The van der Waals surface area contributed by atoms with Crippen LogP contribution in [-0.4, -0.2) is 33.6 Å². The van der Waals surface area contributed by atoms with E-state index in [-0.39, 0.29) is 5.92 Å². The summed E-state index contributed by atoms with van der Waals surface area (Å²) in [5.74, 6) is 0.857. The van der Waals surface area contributed by atoms with Gasteiger partial charge in [0.2, 0.25) is 0 Å². The highest BCUT2D eigenvalue weighted by Gasteiger charge is 2.48. The minimum absolute atomic E-state index is 0.272. The molecule has 1 aliphatic carbocycles. The summed E-state index contributed by atoms with van der Waals surface area (Å²) in [6.45, 7) is 2.84.